The molecule has 2 aromatic rings. The molecule has 0 bridgehead atoms. The van der Waals surface area contributed by atoms with Crippen LogP contribution in [0.5, 0.6) is 0 Å². The summed E-state index contributed by atoms with van der Waals surface area (Å²) in [4.78, 5) is 24.7. The Balaban J connectivity index is 1.77. The van der Waals surface area contributed by atoms with Crippen molar-refractivity contribution in [2.75, 3.05) is 5.01 Å². The third-order valence-electron chi connectivity index (χ3n) is 4.01. The molecular weight excluding hydrogens is 338 g/mol. The van der Waals surface area contributed by atoms with E-state index in [-0.39, 0.29) is 24.3 Å². The van der Waals surface area contributed by atoms with Crippen LogP contribution in [0.2, 0.25) is 5.02 Å². The molecule has 0 spiro atoms. The molecule has 1 unspecified atom stereocenters. The van der Waals surface area contributed by atoms with Gasteiger partial charge in [0.2, 0.25) is 5.91 Å². The maximum atomic E-state index is 12.6. The Morgan fingerprint density at radius 2 is 1.80 bits per heavy atom. The van der Waals surface area contributed by atoms with Crippen molar-refractivity contribution < 1.29 is 9.59 Å². The lowest BCUT2D eigenvalue weighted by atomic mass is 10.1. The van der Waals surface area contributed by atoms with Gasteiger partial charge in [0.25, 0.3) is 5.91 Å². The number of hydrazone groups is 1. The molecule has 1 N–H and O–H groups in total. The molecule has 1 aliphatic heterocycles. The largest absolute Gasteiger partial charge is 0.344 e. The highest BCUT2D eigenvalue weighted by Crippen LogP contribution is 2.23. The average Bonchev–Trinajstić information content (AvgIpc) is 2.63. The fraction of sp³-hybridized carbons (Fsp3) is 0.211. The monoisotopic (exact) mass is 355 g/mol. The molecule has 0 aromatic heterocycles. The number of nitrogens with zero attached hydrogens (tertiary/aromatic N) is 2. The van der Waals surface area contributed by atoms with Crippen LogP contribution in [0.4, 0.5) is 5.69 Å². The van der Waals surface area contributed by atoms with Gasteiger partial charge >= 0.3 is 0 Å². The predicted octanol–water partition coefficient (Wildman–Crippen LogP) is 3.70. The van der Waals surface area contributed by atoms with E-state index in [4.69, 9.17) is 11.6 Å². The van der Waals surface area contributed by atoms with Crippen LogP contribution in [-0.4, -0.2) is 17.5 Å². The predicted molar refractivity (Wildman–Crippen MR) is 98.6 cm³/mol. The maximum Gasteiger partial charge on any atom is 0.267 e. The number of hydrogen-bond donors (Lipinski definition) is 1. The zero-order valence-electron chi connectivity index (χ0n) is 13.8. The maximum absolute atomic E-state index is 12.6. The van der Waals surface area contributed by atoms with Crippen LogP contribution in [0.15, 0.2) is 59.7 Å². The smallest absolute Gasteiger partial charge is 0.267 e. The van der Waals surface area contributed by atoms with Crippen molar-refractivity contribution in [3.8, 4) is 0 Å². The lowest BCUT2D eigenvalue weighted by Gasteiger charge is -2.24. The fourth-order valence-corrected chi connectivity index (χ4v) is 2.97. The fourth-order valence-electron chi connectivity index (χ4n) is 2.67. The summed E-state index contributed by atoms with van der Waals surface area (Å²) in [6, 6.07) is 16.2. The molecule has 0 saturated carbocycles. The van der Waals surface area contributed by atoms with Crippen molar-refractivity contribution in [3.63, 3.8) is 0 Å². The third-order valence-corrected chi connectivity index (χ3v) is 4.36. The van der Waals surface area contributed by atoms with Gasteiger partial charge in [-0.05, 0) is 30.7 Å². The second-order valence-electron chi connectivity index (χ2n) is 5.80. The summed E-state index contributed by atoms with van der Waals surface area (Å²) in [6.45, 7) is 1.86. The van der Waals surface area contributed by atoms with Crippen LogP contribution in [0, 0.1) is 0 Å². The van der Waals surface area contributed by atoms with Crippen LogP contribution in [0.25, 0.3) is 0 Å². The molecule has 0 aliphatic carbocycles. The summed E-state index contributed by atoms with van der Waals surface area (Å²) in [6.07, 6.45) is 0.574. The number of hydrogen-bond acceptors (Lipinski definition) is 3. The molecule has 5 nitrogen and oxygen atoms in total. The van der Waals surface area contributed by atoms with Gasteiger partial charge in [-0.25, -0.2) is 5.01 Å². The quantitative estimate of drug-likeness (QED) is 0.908. The number of nitrogens with one attached hydrogen (secondary N) is 1. The molecule has 0 fully saturated rings. The molecule has 1 aliphatic rings. The van der Waals surface area contributed by atoms with Crippen LogP contribution in [-0.2, 0) is 9.59 Å². The standard InChI is InChI=1S/C19H18ClN3O2/c1-13(15-9-5-6-10-16(15)20)21-19(25)17-11-12-18(24)23(22-17)14-7-3-2-4-8-14/h2-10,13H,11-12H2,1H3,(H,21,25). The van der Waals surface area contributed by atoms with Crippen LogP contribution in [0.3, 0.4) is 0 Å². The number of para-hydroxylation sites is 1. The van der Waals surface area contributed by atoms with Crippen LogP contribution >= 0.6 is 11.6 Å². The number of carbonyl (C=O) groups is 2. The molecule has 6 heteroatoms. The highest BCUT2D eigenvalue weighted by Gasteiger charge is 2.26. The zero-order valence-corrected chi connectivity index (χ0v) is 14.5. The number of rotatable bonds is 4. The highest BCUT2D eigenvalue weighted by molar-refractivity contribution is 6.40. The molecule has 128 valence electrons. The van der Waals surface area contributed by atoms with Gasteiger partial charge < -0.3 is 5.32 Å². The molecule has 2 aromatic carbocycles. The number of anilines is 1. The van der Waals surface area contributed by atoms with Crippen LogP contribution in [0.1, 0.15) is 31.4 Å². The van der Waals surface area contributed by atoms with Crippen molar-refractivity contribution in [2.45, 2.75) is 25.8 Å². The van der Waals surface area contributed by atoms with Gasteiger partial charge in [-0.3, -0.25) is 9.59 Å². The third kappa shape index (κ3) is 3.88. The SMILES string of the molecule is CC(NC(=O)C1=NN(c2ccccc2)C(=O)CC1)c1ccccc1Cl. The Hall–Kier alpha value is -2.66. The normalized spacial score (nSPS) is 15.5. The number of amides is 2. The Morgan fingerprint density at radius 3 is 2.52 bits per heavy atom. The molecular formula is C19H18ClN3O2. The first-order valence-corrected chi connectivity index (χ1v) is 8.45. The first-order chi connectivity index (χ1) is 12.1. The first kappa shape index (κ1) is 17.2. The van der Waals surface area contributed by atoms with Gasteiger partial charge in [-0.15, -0.1) is 0 Å². The van der Waals surface area contributed by atoms with Crippen molar-refractivity contribution in [2.24, 2.45) is 5.10 Å². The van der Waals surface area contributed by atoms with Gasteiger partial charge in [0.15, 0.2) is 0 Å². The lowest BCUT2D eigenvalue weighted by molar-refractivity contribution is -0.119. The summed E-state index contributed by atoms with van der Waals surface area (Å²) in [5.74, 6) is -0.414. The molecule has 2 amide bonds. The summed E-state index contributed by atoms with van der Waals surface area (Å²) in [7, 11) is 0. The summed E-state index contributed by atoms with van der Waals surface area (Å²) < 4.78 is 0. The van der Waals surface area contributed by atoms with E-state index in [0.717, 1.165) is 5.56 Å². The summed E-state index contributed by atoms with van der Waals surface area (Å²) in [5, 5.41) is 9.05. The number of carbonyl (C=O) groups excluding carboxylic acids is 2. The van der Waals surface area contributed by atoms with Crippen molar-refractivity contribution in [1.29, 1.82) is 0 Å². The first-order valence-electron chi connectivity index (χ1n) is 8.07. The molecule has 0 radical (unpaired) electrons. The van der Waals surface area contributed by atoms with Crippen LogP contribution < -0.4 is 10.3 Å². The van der Waals surface area contributed by atoms with E-state index in [1.807, 2.05) is 43.3 Å². The second-order valence-corrected chi connectivity index (χ2v) is 6.21. The molecule has 3 rings (SSSR count). The minimum absolute atomic E-state index is 0.123. The topological polar surface area (TPSA) is 61.8 Å². The van der Waals surface area contributed by atoms with E-state index in [1.54, 1.807) is 18.2 Å². The van der Waals surface area contributed by atoms with E-state index in [2.05, 4.69) is 10.4 Å². The summed E-state index contributed by atoms with van der Waals surface area (Å²) >= 11 is 6.18. The van der Waals surface area contributed by atoms with Gasteiger partial charge in [-0.1, -0.05) is 48.0 Å². The highest BCUT2D eigenvalue weighted by atomic mass is 35.5. The second kappa shape index (κ2) is 7.49. The molecule has 0 saturated heterocycles. The average molecular weight is 356 g/mol. The Kier molecular flexibility index (Phi) is 5.14. The van der Waals surface area contributed by atoms with Crippen molar-refractivity contribution in [1.82, 2.24) is 5.32 Å². The van der Waals surface area contributed by atoms with E-state index in [9.17, 15) is 9.59 Å². The van der Waals surface area contributed by atoms with Gasteiger partial charge in [0, 0.05) is 17.9 Å². The summed E-state index contributed by atoms with van der Waals surface area (Å²) in [5.41, 5.74) is 1.82. The Bertz CT molecular complexity index is 820. The van der Waals surface area contributed by atoms with Crippen molar-refractivity contribution >= 4 is 34.8 Å². The van der Waals surface area contributed by atoms with Crippen molar-refractivity contribution in [3.05, 3.63) is 65.2 Å². The van der Waals surface area contributed by atoms with Gasteiger partial charge in [0.05, 0.1) is 11.7 Å². The number of halogens is 1. The van der Waals surface area contributed by atoms with Gasteiger partial charge in [0.1, 0.15) is 5.71 Å². The van der Waals surface area contributed by atoms with E-state index in [0.29, 0.717) is 22.8 Å². The molecule has 25 heavy (non-hydrogen) atoms. The molecule has 1 atom stereocenters. The molecule has 1 heterocycles. The minimum atomic E-state index is -0.291. The number of benzene rings is 2. The Labute approximate surface area is 151 Å². The lowest BCUT2D eigenvalue weighted by Crippen LogP contribution is -2.40. The van der Waals surface area contributed by atoms with E-state index in [1.165, 1.54) is 5.01 Å². The van der Waals surface area contributed by atoms with E-state index >= 15 is 0 Å². The van der Waals surface area contributed by atoms with E-state index < -0.39 is 0 Å². The minimum Gasteiger partial charge on any atom is -0.344 e. The Morgan fingerprint density at radius 1 is 1.12 bits per heavy atom. The zero-order chi connectivity index (χ0) is 17.8. The van der Waals surface area contributed by atoms with Gasteiger partial charge in [-0.2, -0.15) is 5.10 Å².